The fourth-order valence-corrected chi connectivity index (χ4v) is 2.82. The van der Waals surface area contributed by atoms with Crippen LogP contribution in [0.4, 0.5) is 0 Å². The summed E-state index contributed by atoms with van der Waals surface area (Å²) in [6.45, 7) is 3.00. The van der Waals surface area contributed by atoms with E-state index in [9.17, 15) is 4.79 Å². The summed E-state index contributed by atoms with van der Waals surface area (Å²) in [5, 5.41) is 3.68. The lowest BCUT2D eigenvalue weighted by atomic mass is 10.2. The second-order valence-electron chi connectivity index (χ2n) is 5.23. The van der Waals surface area contributed by atoms with Crippen LogP contribution in [0.15, 0.2) is 24.3 Å². The molecule has 1 aromatic rings. The minimum Gasteiger partial charge on any atom is -0.485 e. The van der Waals surface area contributed by atoms with Crippen LogP contribution in [-0.4, -0.2) is 66.8 Å². The number of carbonyl (C=O) groups is 1. The highest BCUT2D eigenvalue weighted by Gasteiger charge is 2.32. The molecule has 1 atom stereocenters. The number of carbonyl (C=O) groups excluding carboxylic acids is 1. The standard InChI is InChI=1S/C15H19N3O3S/c1-16-15(22)18-8-6-17(7-9-18)14(19)13-10-20-11-4-2-3-5-12(11)21-13/h2-5,13H,6-10H2,1H3,(H,16,22). The SMILES string of the molecule is CNC(=S)N1CCN(C(=O)C2COc3ccccc3O2)CC1. The molecule has 1 aromatic carbocycles. The Balaban J connectivity index is 1.58. The number of fused-ring (bicyclic) bond motifs is 1. The Kier molecular flexibility index (Phi) is 4.33. The third-order valence-electron chi connectivity index (χ3n) is 3.88. The number of benzene rings is 1. The fourth-order valence-electron chi connectivity index (χ4n) is 2.63. The first-order chi connectivity index (χ1) is 10.7. The molecular formula is C15H19N3O3S. The van der Waals surface area contributed by atoms with Crippen molar-refractivity contribution in [3.05, 3.63) is 24.3 Å². The number of ether oxygens (including phenoxy) is 2. The highest BCUT2D eigenvalue weighted by molar-refractivity contribution is 7.80. The summed E-state index contributed by atoms with van der Waals surface area (Å²) in [5.74, 6) is 1.29. The lowest BCUT2D eigenvalue weighted by molar-refractivity contribution is -0.142. The van der Waals surface area contributed by atoms with E-state index in [0.29, 0.717) is 24.6 Å². The molecule has 0 spiro atoms. The van der Waals surface area contributed by atoms with Gasteiger partial charge >= 0.3 is 0 Å². The molecule has 0 saturated carbocycles. The molecule has 2 aliphatic rings. The van der Waals surface area contributed by atoms with Crippen molar-refractivity contribution in [2.75, 3.05) is 39.8 Å². The number of piperazine rings is 1. The highest BCUT2D eigenvalue weighted by atomic mass is 32.1. The van der Waals surface area contributed by atoms with E-state index >= 15 is 0 Å². The average Bonchev–Trinajstić information content (AvgIpc) is 2.60. The molecule has 0 aromatic heterocycles. The van der Waals surface area contributed by atoms with Crippen molar-refractivity contribution in [1.29, 1.82) is 0 Å². The number of rotatable bonds is 1. The summed E-state index contributed by atoms with van der Waals surface area (Å²) in [6, 6.07) is 7.41. The van der Waals surface area contributed by atoms with Crippen LogP contribution in [-0.2, 0) is 4.79 Å². The van der Waals surface area contributed by atoms with E-state index in [1.54, 1.807) is 0 Å². The summed E-state index contributed by atoms with van der Waals surface area (Å²) >= 11 is 5.22. The smallest absolute Gasteiger partial charge is 0.267 e. The normalized spacial score (nSPS) is 20.5. The number of amides is 1. The minimum atomic E-state index is -0.572. The third kappa shape index (κ3) is 2.94. The van der Waals surface area contributed by atoms with Gasteiger partial charge in [0.15, 0.2) is 16.6 Å². The van der Waals surface area contributed by atoms with Crippen LogP contribution >= 0.6 is 12.2 Å². The quantitative estimate of drug-likeness (QED) is 0.759. The number of nitrogens with one attached hydrogen (secondary N) is 1. The third-order valence-corrected chi connectivity index (χ3v) is 4.34. The fraction of sp³-hybridized carbons (Fsp3) is 0.467. The Bertz CT molecular complexity index is 573. The molecule has 118 valence electrons. The average molecular weight is 321 g/mol. The number of para-hydroxylation sites is 2. The molecule has 0 bridgehead atoms. The number of hydrogen-bond donors (Lipinski definition) is 1. The van der Waals surface area contributed by atoms with Gasteiger partial charge in [-0.1, -0.05) is 12.1 Å². The molecule has 1 amide bonds. The molecule has 0 radical (unpaired) electrons. The molecule has 1 N–H and O–H groups in total. The van der Waals surface area contributed by atoms with Crippen molar-refractivity contribution in [2.24, 2.45) is 0 Å². The van der Waals surface area contributed by atoms with Crippen LogP contribution in [0.1, 0.15) is 0 Å². The number of nitrogens with zero attached hydrogens (tertiary/aromatic N) is 2. The van der Waals surface area contributed by atoms with Gasteiger partial charge in [-0.05, 0) is 24.4 Å². The van der Waals surface area contributed by atoms with E-state index in [4.69, 9.17) is 21.7 Å². The maximum absolute atomic E-state index is 12.6. The van der Waals surface area contributed by atoms with Crippen LogP contribution in [0.25, 0.3) is 0 Å². The Hall–Kier alpha value is -2.02. The second kappa shape index (κ2) is 6.39. The number of thiocarbonyl (C=S) groups is 1. The van der Waals surface area contributed by atoms with Gasteiger partial charge in [-0.2, -0.15) is 0 Å². The first-order valence-corrected chi connectivity index (χ1v) is 7.74. The van der Waals surface area contributed by atoms with Crippen molar-refractivity contribution in [3.8, 4) is 11.5 Å². The van der Waals surface area contributed by atoms with Crippen molar-refractivity contribution in [1.82, 2.24) is 15.1 Å². The Morgan fingerprint density at radius 2 is 1.82 bits per heavy atom. The molecule has 7 heteroatoms. The van der Waals surface area contributed by atoms with E-state index < -0.39 is 6.10 Å². The predicted molar refractivity (Wildman–Crippen MR) is 86.2 cm³/mol. The van der Waals surface area contributed by atoms with Gasteiger partial charge in [-0.3, -0.25) is 4.79 Å². The largest absolute Gasteiger partial charge is 0.485 e. The minimum absolute atomic E-state index is 0.0236. The molecule has 1 saturated heterocycles. The first-order valence-electron chi connectivity index (χ1n) is 7.33. The molecule has 2 aliphatic heterocycles. The number of hydrogen-bond acceptors (Lipinski definition) is 4. The summed E-state index contributed by atoms with van der Waals surface area (Å²) in [4.78, 5) is 16.4. The summed E-state index contributed by atoms with van der Waals surface area (Å²) in [6.07, 6.45) is -0.572. The van der Waals surface area contributed by atoms with Crippen molar-refractivity contribution in [3.63, 3.8) is 0 Å². The molecule has 6 nitrogen and oxygen atoms in total. The molecule has 2 heterocycles. The van der Waals surface area contributed by atoms with Crippen molar-refractivity contribution >= 4 is 23.2 Å². The van der Waals surface area contributed by atoms with Crippen LogP contribution in [0.3, 0.4) is 0 Å². The van der Waals surface area contributed by atoms with Gasteiger partial charge in [0, 0.05) is 33.2 Å². The highest BCUT2D eigenvalue weighted by Crippen LogP contribution is 2.31. The van der Waals surface area contributed by atoms with Crippen LogP contribution < -0.4 is 14.8 Å². The maximum Gasteiger partial charge on any atom is 0.267 e. The molecule has 22 heavy (non-hydrogen) atoms. The predicted octanol–water partition coefficient (Wildman–Crippen LogP) is 0.475. The zero-order valence-corrected chi connectivity index (χ0v) is 13.3. The molecule has 3 rings (SSSR count). The van der Waals surface area contributed by atoms with E-state index in [-0.39, 0.29) is 12.5 Å². The van der Waals surface area contributed by atoms with Crippen LogP contribution in [0.5, 0.6) is 11.5 Å². The van der Waals surface area contributed by atoms with Gasteiger partial charge in [0.25, 0.3) is 5.91 Å². The first kappa shape index (κ1) is 14.9. The van der Waals surface area contributed by atoms with E-state index in [2.05, 4.69) is 10.2 Å². The second-order valence-corrected chi connectivity index (χ2v) is 5.62. The molecular weight excluding hydrogens is 302 g/mol. The maximum atomic E-state index is 12.6. The topological polar surface area (TPSA) is 54.0 Å². The monoisotopic (exact) mass is 321 g/mol. The van der Waals surface area contributed by atoms with Crippen LogP contribution in [0, 0.1) is 0 Å². The summed E-state index contributed by atoms with van der Waals surface area (Å²) in [5.41, 5.74) is 0. The van der Waals surface area contributed by atoms with Gasteiger partial charge in [-0.15, -0.1) is 0 Å². The molecule has 0 aliphatic carbocycles. The van der Waals surface area contributed by atoms with Crippen molar-refractivity contribution in [2.45, 2.75) is 6.10 Å². The summed E-state index contributed by atoms with van der Waals surface area (Å²) in [7, 11) is 1.81. The van der Waals surface area contributed by atoms with Gasteiger partial charge in [0.2, 0.25) is 6.10 Å². The Morgan fingerprint density at radius 3 is 2.50 bits per heavy atom. The van der Waals surface area contributed by atoms with Gasteiger partial charge in [-0.25, -0.2) is 0 Å². The van der Waals surface area contributed by atoms with Gasteiger partial charge in [0.1, 0.15) is 6.61 Å². The van der Waals surface area contributed by atoms with E-state index in [1.807, 2.05) is 36.2 Å². The lowest BCUT2D eigenvalue weighted by Gasteiger charge is -2.37. The molecule has 1 unspecified atom stereocenters. The van der Waals surface area contributed by atoms with E-state index in [1.165, 1.54) is 0 Å². The molecule has 1 fully saturated rings. The Morgan fingerprint density at radius 1 is 1.18 bits per heavy atom. The van der Waals surface area contributed by atoms with Crippen molar-refractivity contribution < 1.29 is 14.3 Å². The Labute approximate surface area is 135 Å². The zero-order chi connectivity index (χ0) is 15.5. The van der Waals surface area contributed by atoms with Gasteiger partial charge < -0.3 is 24.6 Å². The summed E-state index contributed by atoms with van der Waals surface area (Å²) < 4.78 is 11.4. The van der Waals surface area contributed by atoms with Crippen LogP contribution in [0.2, 0.25) is 0 Å². The lowest BCUT2D eigenvalue weighted by Crippen LogP contribution is -2.56. The van der Waals surface area contributed by atoms with E-state index in [0.717, 1.165) is 18.2 Å². The van der Waals surface area contributed by atoms with Gasteiger partial charge in [0.05, 0.1) is 0 Å². The zero-order valence-electron chi connectivity index (χ0n) is 12.4.